The molecule has 3 aromatic carbocycles. The van der Waals surface area contributed by atoms with Gasteiger partial charge in [-0.05, 0) is 34.4 Å². The Bertz CT molecular complexity index is 1050. The second-order valence-electron chi connectivity index (χ2n) is 6.74. The fraction of sp³-hybridized carbons (Fsp3) is 0.167. The molecule has 1 aliphatic carbocycles. The van der Waals surface area contributed by atoms with Crippen molar-refractivity contribution in [3.05, 3.63) is 83.4 Å². The molecule has 1 N–H and O–H groups in total. The topological polar surface area (TPSA) is 59.9 Å². The number of para-hydroxylation sites is 1. The third kappa shape index (κ3) is 3.91. The molecule has 0 saturated heterocycles. The number of hydrazone groups is 1. The van der Waals surface area contributed by atoms with E-state index in [2.05, 4.69) is 46.9 Å². The second-order valence-corrected chi connectivity index (χ2v) is 7.83. The Hall–Kier alpha value is -3.25. The maximum atomic E-state index is 12.4. The lowest BCUT2D eigenvalue weighted by Crippen LogP contribution is -2.20. The second kappa shape index (κ2) is 9.05. The molecule has 0 aliphatic heterocycles. The van der Waals surface area contributed by atoms with Crippen molar-refractivity contribution >= 4 is 23.9 Å². The van der Waals surface area contributed by atoms with Crippen molar-refractivity contribution in [2.24, 2.45) is 5.10 Å². The van der Waals surface area contributed by atoms with E-state index in [1.807, 2.05) is 30.3 Å². The number of fused-ring (bicyclic) bond motifs is 3. The van der Waals surface area contributed by atoms with Crippen molar-refractivity contribution in [3.8, 4) is 22.6 Å². The lowest BCUT2D eigenvalue weighted by atomic mass is 10.1. The van der Waals surface area contributed by atoms with Gasteiger partial charge in [-0.2, -0.15) is 5.10 Å². The van der Waals surface area contributed by atoms with Crippen molar-refractivity contribution in [3.63, 3.8) is 0 Å². The third-order valence-electron chi connectivity index (χ3n) is 4.98. The van der Waals surface area contributed by atoms with Crippen molar-refractivity contribution < 1.29 is 14.3 Å². The number of carbonyl (C=O) groups is 1. The van der Waals surface area contributed by atoms with Crippen LogP contribution in [0.4, 0.5) is 0 Å². The summed E-state index contributed by atoms with van der Waals surface area (Å²) in [7, 11) is 3.15. The largest absolute Gasteiger partial charge is 0.493 e. The Balaban J connectivity index is 1.41. The Kier molecular flexibility index (Phi) is 6.05. The molecule has 0 bridgehead atoms. The predicted octanol–water partition coefficient (Wildman–Crippen LogP) is 4.66. The zero-order valence-corrected chi connectivity index (χ0v) is 17.6. The van der Waals surface area contributed by atoms with Crippen LogP contribution < -0.4 is 14.9 Å². The fourth-order valence-electron chi connectivity index (χ4n) is 3.67. The molecule has 3 aromatic rings. The monoisotopic (exact) mass is 418 g/mol. The smallest absolute Gasteiger partial charge is 0.250 e. The quantitative estimate of drug-likeness (QED) is 0.448. The zero-order chi connectivity index (χ0) is 20.9. The molecular formula is C24H22N2O3S. The molecule has 6 heteroatoms. The molecule has 30 heavy (non-hydrogen) atoms. The van der Waals surface area contributed by atoms with E-state index in [1.54, 1.807) is 32.2 Å². The normalized spacial score (nSPS) is 12.5. The standard InChI is InChI=1S/C24H22N2O3S/c1-28-21-13-7-8-16(23(21)29-2)14-25-26-22(27)15-30-24-19-11-5-3-9-17(19)18-10-4-6-12-20(18)24/h3-14,24H,15H2,1-2H3,(H,26,27). The van der Waals surface area contributed by atoms with E-state index in [0.29, 0.717) is 17.3 Å². The Morgan fingerprint density at radius 2 is 1.63 bits per heavy atom. The maximum absolute atomic E-state index is 12.4. The number of carbonyl (C=O) groups excluding carboxylic acids is 1. The summed E-state index contributed by atoms with van der Waals surface area (Å²) in [6, 6.07) is 22.2. The SMILES string of the molecule is COc1cccc(C=NNC(=O)CSC2c3ccccc3-c3ccccc32)c1OC. The van der Waals surface area contributed by atoms with Gasteiger partial charge in [-0.25, -0.2) is 5.43 Å². The molecular weight excluding hydrogens is 396 g/mol. The van der Waals surface area contributed by atoms with Crippen LogP contribution in [-0.2, 0) is 4.79 Å². The summed E-state index contributed by atoms with van der Waals surface area (Å²) in [6.07, 6.45) is 1.56. The number of benzene rings is 3. The zero-order valence-electron chi connectivity index (χ0n) is 16.8. The highest BCUT2D eigenvalue weighted by atomic mass is 32.2. The number of amides is 1. The van der Waals surface area contributed by atoms with Gasteiger partial charge in [0.25, 0.3) is 0 Å². The summed E-state index contributed by atoms with van der Waals surface area (Å²) in [5.74, 6) is 1.34. The van der Waals surface area contributed by atoms with Gasteiger partial charge in [-0.3, -0.25) is 4.79 Å². The number of ether oxygens (including phenoxy) is 2. The molecule has 0 unspecified atom stereocenters. The minimum absolute atomic E-state index is 0.144. The van der Waals surface area contributed by atoms with Crippen molar-refractivity contribution in [2.45, 2.75) is 5.25 Å². The first-order valence-corrected chi connectivity index (χ1v) is 10.6. The van der Waals surface area contributed by atoms with Gasteiger partial charge in [0.2, 0.25) is 5.91 Å². The highest BCUT2D eigenvalue weighted by Gasteiger charge is 2.28. The van der Waals surface area contributed by atoms with Crippen molar-refractivity contribution in [2.75, 3.05) is 20.0 Å². The molecule has 5 nitrogen and oxygen atoms in total. The van der Waals surface area contributed by atoms with Crippen LogP contribution in [0, 0.1) is 0 Å². The van der Waals surface area contributed by atoms with Gasteiger partial charge >= 0.3 is 0 Å². The van der Waals surface area contributed by atoms with Gasteiger partial charge in [0.1, 0.15) is 0 Å². The summed E-state index contributed by atoms with van der Waals surface area (Å²) in [6.45, 7) is 0. The lowest BCUT2D eigenvalue weighted by Gasteiger charge is -2.12. The first-order chi connectivity index (χ1) is 14.7. The Morgan fingerprint density at radius 1 is 0.967 bits per heavy atom. The molecule has 1 amide bonds. The first-order valence-electron chi connectivity index (χ1n) is 9.55. The molecule has 152 valence electrons. The van der Waals surface area contributed by atoms with Gasteiger partial charge in [-0.1, -0.05) is 54.6 Å². The average Bonchev–Trinajstić information content (AvgIpc) is 3.11. The summed E-state index contributed by atoms with van der Waals surface area (Å²) >= 11 is 1.61. The van der Waals surface area contributed by atoms with Crippen LogP contribution in [0.3, 0.4) is 0 Å². The minimum atomic E-state index is -0.153. The van der Waals surface area contributed by atoms with E-state index >= 15 is 0 Å². The summed E-state index contributed by atoms with van der Waals surface area (Å²) in [5, 5.41) is 4.23. The average molecular weight is 419 g/mol. The van der Waals surface area contributed by atoms with Gasteiger partial charge in [0, 0.05) is 5.56 Å². The molecule has 0 saturated carbocycles. The van der Waals surface area contributed by atoms with Crippen LogP contribution in [0.5, 0.6) is 11.5 Å². The van der Waals surface area contributed by atoms with Gasteiger partial charge in [0.05, 0.1) is 31.4 Å². The molecule has 4 rings (SSSR count). The van der Waals surface area contributed by atoms with Crippen LogP contribution >= 0.6 is 11.8 Å². The van der Waals surface area contributed by atoms with E-state index in [9.17, 15) is 4.79 Å². The number of nitrogens with zero attached hydrogens (tertiary/aromatic N) is 1. The van der Waals surface area contributed by atoms with Gasteiger partial charge in [0.15, 0.2) is 11.5 Å². The molecule has 1 aliphatic rings. The number of methoxy groups -OCH3 is 2. The van der Waals surface area contributed by atoms with Crippen LogP contribution in [0.15, 0.2) is 71.8 Å². The third-order valence-corrected chi connectivity index (χ3v) is 6.25. The molecule has 0 atom stereocenters. The number of nitrogens with one attached hydrogen (secondary N) is 1. The van der Waals surface area contributed by atoms with Gasteiger partial charge < -0.3 is 9.47 Å². The highest BCUT2D eigenvalue weighted by molar-refractivity contribution is 8.00. The number of thioether (sulfide) groups is 1. The summed E-state index contributed by atoms with van der Waals surface area (Å²) < 4.78 is 10.7. The van der Waals surface area contributed by atoms with Crippen molar-refractivity contribution in [1.29, 1.82) is 0 Å². The lowest BCUT2D eigenvalue weighted by molar-refractivity contribution is -0.118. The Morgan fingerprint density at radius 3 is 2.27 bits per heavy atom. The van der Waals surface area contributed by atoms with E-state index in [4.69, 9.17) is 9.47 Å². The van der Waals surface area contributed by atoms with E-state index < -0.39 is 0 Å². The van der Waals surface area contributed by atoms with E-state index in [0.717, 1.165) is 5.56 Å². The van der Waals surface area contributed by atoms with Crippen LogP contribution in [-0.4, -0.2) is 32.1 Å². The molecule has 0 radical (unpaired) electrons. The number of rotatable bonds is 7. The number of hydrogen-bond acceptors (Lipinski definition) is 5. The maximum Gasteiger partial charge on any atom is 0.250 e. The van der Waals surface area contributed by atoms with E-state index in [1.165, 1.54) is 22.3 Å². The predicted molar refractivity (Wildman–Crippen MR) is 121 cm³/mol. The molecule has 0 heterocycles. The Labute approximate surface area is 180 Å². The van der Waals surface area contributed by atoms with Gasteiger partial charge in [-0.15, -0.1) is 11.8 Å². The van der Waals surface area contributed by atoms with Crippen LogP contribution in [0.1, 0.15) is 21.9 Å². The molecule has 0 aromatic heterocycles. The molecule has 0 fully saturated rings. The van der Waals surface area contributed by atoms with Crippen LogP contribution in [0.2, 0.25) is 0 Å². The van der Waals surface area contributed by atoms with Crippen molar-refractivity contribution in [1.82, 2.24) is 5.43 Å². The highest BCUT2D eigenvalue weighted by Crippen LogP contribution is 2.49. The fourth-order valence-corrected chi connectivity index (χ4v) is 4.82. The molecule has 0 spiro atoms. The minimum Gasteiger partial charge on any atom is -0.493 e. The first kappa shape index (κ1) is 20.0. The van der Waals surface area contributed by atoms with E-state index in [-0.39, 0.29) is 11.2 Å². The number of hydrogen-bond donors (Lipinski definition) is 1. The van der Waals surface area contributed by atoms with Crippen LogP contribution in [0.25, 0.3) is 11.1 Å². The summed E-state index contributed by atoms with van der Waals surface area (Å²) in [5.41, 5.74) is 8.32. The summed E-state index contributed by atoms with van der Waals surface area (Å²) in [4.78, 5) is 12.4.